The summed E-state index contributed by atoms with van der Waals surface area (Å²) in [6.45, 7) is 4.90. The Balaban J connectivity index is 2.45. The van der Waals surface area contributed by atoms with Crippen LogP contribution in [-0.4, -0.2) is 38.2 Å². The summed E-state index contributed by atoms with van der Waals surface area (Å²) in [5.74, 6) is 0. The fourth-order valence-electron chi connectivity index (χ4n) is 2.44. The van der Waals surface area contributed by atoms with Gasteiger partial charge in [0.2, 0.25) is 0 Å². The molecule has 18 heavy (non-hydrogen) atoms. The molecule has 0 fully saturated rings. The molecule has 0 amide bonds. The maximum Gasteiger partial charge on any atom is 0.500 e. The minimum absolute atomic E-state index is 0.682. The van der Waals surface area contributed by atoms with Gasteiger partial charge >= 0.3 is 8.80 Å². The maximum absolute atomic E-state index is 5.46. The third-order valence-corrected chi connectivity index (χ3v) is 10.6. The molecule has 3 nitrogen and oxygen atoms in total. The van der Waals surface area contributed by atoms with Crippen molar-refractivity contribution in [2.24, 2.45) is 0 Å². The van der Waals surface area contributed by atoms with Gasteiger partial charge < -0.3 is 13.3 Å². The van der Waals surface area contributed by atoms with Crippen molar-refractivity contribution in [2.45, 2.75) is 37.1 Å². The standard InChI is InChI=1S/C13H26O3Si2/c1-14-18(15-2,16-3)12-8-11-17(4,5)13-9-6-7-10-13/h6-7,9-10,13H,8,11-12H2,1-5H3. The second kappa shape index (κ2) is 6.81. The summed E-state index contributed by atoms with van der Waals surface area (Å²) in [7, 11) is 1.46. The lowest BCUT2D eigenvalue weighted by Gasteiger charge is -2.29. The van der Waals surface area contributed by atoms with Gasteiger partial charge in [0, 0.05) is 27.4 Å². The van der Waals surface area contributed by atoms with Crippen molar-refractivity contribution in [1.29, 1.82) is 0 Å². The van der Waals surface area contributed by atoms with Crippen molar-refractivity contribution in [3.63, 3.8) is 0 Å². The molecule has 0 spiro atoms. The average Bonchev–Trinajstić information content (AvgIpc) is 2.90. The fraction of sp³-hybridized carbons (Fsp3) is 0.692. The predicted molar refractivity (Wildman–Crippen MR) is 80.5 cm³/mol. The van der Waals surface area contributed by atoms with Gasteiger partial charge in [-0.2, -0.15) is 0 Å². The molecule has 0 aromatic carbocycles. The molecular weight excluding hydrogens is 260 g/mol. The van der Waals surface area contributed by atoms with Gasteiger partial charge in [0.05, 0.1) is 8.07 Å². The van der Waals surface area contributed by atoms with E-state index in [1.807, 2.05) is 0 Å². The summed E-state index contributed by atoms with van der Waals surface area (Å²) < 4.78 is 16.4. The molecule has 0 atom stereocenters. The van der Waals surface area contributed by atoms with E-state index >= 15 is 0 Å². The molecule has 1 rings (SSSR count). The predicted octanol–water partition coefficient (Wildman–Crippen LogP) is 3.46. The Bertz CT molecular complexity index is 289. The molecular formula is C13H26O3Si2. The Morgan fingerprint density at radius 1 is 0.889 bits per heavy atom. The molecule has 0 radical (unpaired) electrons. The van der Waals surface area contributed by atoms with Crippen LogP contribution in [0, 0.1) is 0 Å². The third kappa shape index (κ3) is 3.89. The summed E-state index contributed by atoms with van der Waals surface area (Å²) in [4.78, 5) is 0. The highest BCUT2D eigenvalue weighted by Gasteiger charge is 2.38. The fourth-order valence-corrected chi connectivity index (χ4v) is 7.20. The van der Waals surface area contributed by atoms with Gasteiger partial charge in [-0.15, -0.1) is 0 Å². The first-order chi connectivity index (χ1) is 8.49. The number of rotatable bonds is 8. The second-order valence-electron chi connectivity index (χ2n) is 5.43. The summed E-state index contributed by atoms with van der Waals surface area (Å²) >= 11 is 0. The zero-order valence-electron chi connectivity index (χ0n) is 12.2. The molecule has 0 aromatic heterocycles. The zero-order chi connectivity index (χ0) is 13.6. The minimum Gasteiger partial charge on any atom is -0.377 e. The van der Waals surface area contributed by atoms with Crippen molar-refractivity contribution < 1.29 is 13.3 Å². The molecule has 0 N–H and O–H groups in total. The van der Waals surface area contributed by atoms with Crippen LogP contribution in [0.15, 0.2) is 24.3 Å². The largest absolute Gasteiger partial charge is 0.500 e. The molecule has 1 aliphatic rings. The van der Waals surface area contributed by atoms with Gasteiger partial charge in [0.25, 0.3) is 0 Å². The summed E-state index contributed by atoms with van der Waals surface area (Å²) in [5, 5.41) is 0. The van der Waals surface area contributed by atoms with Crippen molar-refractivity contribution in [2.75, 3.05) is 21.3 Å². The Morgan fingerprint density at radius 3 is 1.83 bits per heavy atom. The lowest BCUT2D eigenvalue weighted by Crippen LogP contribution is -2.43. The van der Waals surface area contributed by atoms with E-state index in [1.165, 1.54) is 6.04 Å². The highest BCUT2D eigenvalue weighted by Crippen LogP contribution is 2.33. The lowest BCUT2D eigenvalue weighted by atomic mass is 10.5. The first kappa shape index (κ1) is 15.8. The van der Waals surface area contributed by atoms with Gasteiger partial charge in [-0.25, -0.2) is 0 Å². The Kier molecular flexibility index (Phi) is 6.00. The topological polar surface area (TPSA) is 27.7 Å². The summed E-state index contributed by atoms with van der Waals surface area (Å²) in [5.41, 5.74) is 0.682. The smallest absolute Gasteiger partial charge is 0.377 e. The highest BCUT2D eigenvalue weighted by molar-refractivity contribution is 6.79. The van der Waals surface area contributed by atoms with Crippen molar-refractivity contribution in [1.82, 2.24) is 0 Å². The molecule has 0 unspecified atom stereocenters. The van der Waals surface area contributed by atoms with Crippen LogP contribution in [0.25, 0.3) is 0 Å². The van der Waals surface area contributed by atoms with E-state index in [-0.39, 0.29) is 0 Å². The molecule has 0 saturated heterocycles. The van der Waals surface area contributed by atoms with E-state index in [2.05, 4.69) is 37.4 Å². The molecule has 0 bridgehead atoms. The molecule has 0 aromatic rings. The van der Waals surface area contributed by atoms with Gasteiger partial charge in [0.1, 0.15) is 0 Å². The minimum atomic E-state index is -2.37. The van der Waals surface area contributed by atoms with Crippen LogP contribution in [0.2, 0.25) is 30.7 Å². The van der Waals surface area contributed by atoms with Crippen LogP contribution in [0.5, 0.6) is 0 Å². The summed E-state index contributed by atoms with van der Waals surface area (Å²) in [6, 6.07) is 2.18. The van der Waals surface area contributed by atoms with E-state index in [4.69, 9.17) is 13.3 Å². The first-order valence-corrected chi connectivity index (χ1v) is 11.7. The maximum atomic E-state index is 5.46. The van der Waals surface area contributed by atoms with Gasteiger partial charge in [0.15, 0.2) is 0 Å². The Hall–Kier alpha value is -0.206. The molecule has 1 aliphatic carbocycles. The third-order valence-electron chi connectivity index (χ3n) is 3.89. The normalized spacial score (nSPS) is 16.7. The first-order valence-electron chi connectivity index (χ1n) is 6.50. The van der Waals surface area contributed by atoms with Crippen LogP contribution < -0.4 is 0 Å². The average molecular weight is 287 g/mol. The van der Waals surface area contributed by atoms with E-state index in [0.29, 0.717) is 5.54 Å². The number of allylic oxidation sites excluding steroid dienone is 4. The van der Waals surface area contributed by atoms with E-state index in [1.54, 1.807) is 21.3 Å². The van der Waals surface area contributed by atoms with Crippen LogP contribution in [-0.2, 0) is 13.3 Å². The Labute approximate surface area is 113 Å². The van der Waals surface area contributed by atoms with Crippen LogP contribution in [0.1, 0.15) is 6.42 Å². The van der Waals surface area contributed by atoms with Crippen molar-refractivity contribution in [3.05, 3.63) is 24.3 Å². The lowest BCUT2D eigenvalue weighted by molar-refractivity contribution is 0.123. The molecule has 104 valence electrons. The van der Waals surface area contributed by atoms with Crippen molar-refractivity contribution in [3.8, 4) is 0 Å². The number of hydrogen-bond donors (Lipinski definition) is 0. The van der Waals surface area contributed by atoms with E-state index in [0.717, 1.165) is 12.5 Å². The second-order valence-corrected chi connectivity index (χ2v) is 13.7. The molecule has 0 aliphatic heterocycles. The van der Waals surface area contributed by atoms with Crippen molar-refractivity contribution >= 4 is 16.9 Å². The van der Waals surface area contributed by atoms with Crippen LogP contribution in [0.3, 0.4) is 0 Å². The zero-order valence-corrected chi connectivity index (χ0v) is 14.2. The number of hydrogen-bond acceptors (Lipinski definition) is 3. The van der Waals surface area contributed by atoms with Gasteiger partial charge in [-0.1, -0.05) is 49.9 Å². The van der Waals surface area contributed by atoms with Crippen LogP contribution in [0.4, 0.5) is 0 Å². The van der Waals surface area contributed by atoms with E-state index in [9.17, 15) is 0 Å². The monoisotopic (exact) mass is 286 g/mol. The Morgan fingerprint density at radius 2 is 1.39 bits per heavy atom. The van der Waals surface area contributed by atoms with Gasteiger partial charge in [-0.05, 0) is 5.54 Å². The van der Waals surface area contributed by atoms with Crippen LogP contribution >= 0.6 is 0 Å². The molecule has 0 saturated carbocycles. The van der Waals surface area contributed by atoms with E-state index < -0.39 is 16.9 Å². The molecule has 0 heterocycles. The van der Waals surface area contributed by atoms with Gasteiger partial charge in [-0.3, -0.25) is 0 Å². The highest BCUT2D eigenvalue weighted by atomic mass is 28.4. The SMILES string of the molecule is CO[Si](CCC[Si](C)(C)C1C=CC=C1)(OC)OC. The quantitative estimate of drug-likeness (QED) is 0.640. The molecule has 5 heteroatoms. The summed E-state index contributed by atoms with van der Waals surface area (Å²) in [6.07, 6.45) is 10.1.